The molecule has 2 N–H and O–H groups in total. The third-order valence-corrected chi connectivity index (χ3v) is 7.21. The monoisotopic (exact) mass is 453 g/mol. The lowest BCUT2D eigenvalue weighted by Gasteiger charge is -2.28. The summed E-state index contributed by atoms with van der Waals surface area (Å²) in [7, 11) is -1.45. The number of carbonyl (C=O) groups is 1. The maximum Gasteiger partial charge on any atom is 0.408 e. The zero-order valence-corrected chi connectivity index (χ0v) is 20.2. The van der Waals surface area contributed by atoms with E-state index in [1.54, 1.807) is 39.0 Å². The summed E-state index contributed by atoms with van der Waals surface area (Å²) in [6.45, 7) is 12.1. The lowest BCUT2D eigenvalue weighted by molar-refractivity contribution is 0.0419. The second kappa shape index (κ2) is 9.09. The van der Waals surface area contributed by atoms with Crippen molar-refractivity contribution in [2.24, 2.45) is 0 Å². The topological polar surface area (TPSA) is 58.6 Å². The van der Waals surface area contributed by atoms with Crippen molar-refractivity contribution in [3.05, 3.63) is 63.6 Å². The Balaban J connectivity index is 2.37. The van der Waals surface area contributed by atoms with Gasteiger partial charge in [-0.3, -0.25) is 0 Å². The first kappa shape index (κ1) is 23.7. The van der Waals surface area contributed by atoms with Gasteiger partial charge >= 0.3 is 6.09 Å². The Kier molecular flexibility index (Phi) is 7.44. The molecular weight excluding hydrogens is 425 g/mol. The van der Waals surface area contributed by atoms with Crippen LogP contribution in [-0.2, 0) is 4.74 Å². The Labute approximate surface area is 184 Å². The van der Waals surface area contributed by atoms with Gasteiger partial charge in [0.15, 0.2) is 0 Å². The second-order valence-electron chi connectivity index (χ2n) is 9.11. The van der Waals surface area contributed by atoms with Crippen LogP contribution in [0.2, 0.25) is 29.7 Å². The van der Waals surface area contributed by atoms with Crippen molar-refractivity contribution < 1.29 is 14.6 Å². The highest BCUT2D eigenvalue weighted by Gasteiger charge is 2.28. The van der Waals surface area contributed by atoms with E-state index in [1.807, 2.05) is 24.3 Å². The Bertz CT molecular complexity index is 858. The maximum atomic E-state index is 12.4. The molecule has 2 aromatic rings. The molecule has 4 nitrogen and oxygen atoms in total. The fraction of sp³-hybridized carbons (Fsp3) is 0.409. The number of alkyl carbamates (subject to hydrolysis) is 1. The zero-order valence-electron chi connectivity index (χ0n) is 17.7. The Hall–Kier alpha value is -1.53. The molecule has 0 spiro atoms. The number of hydrogen-bond donors (Lipinski definition) is 2. The van der Waals surface area contributed by atoms with Gasteiger partial charge in [0.25, 0.3) is 0 Å². The fourth-order valence-corrected chi connectivity index (χ4v) is 4.33. The highest BCUT2D eigenvalue weighted by Crippen LogP contribution is 2.33. The van der Waals surface area contributed by atoms with Gasteiger partial charge < -0.3 is 15.2 Å². The molecule has 0 aliphatic rings. The molecule has 2 atom stereocenters. The predicted molar refractivity (Wildman–Crippen MR) is 123 cm³/mol. The van der Waals surface area contributed by atoms with Gasteiger partial charge in [0.05, 0.1) is 24.2 Å². The van der Waals surface area contributed by atoms with Gasteiger partial charge in [0, 0.05) is 0 Å². The number of halogens is 2. The number of amides is 1. The summed E-state index contributed by atoms with van der Waals surface area (Å²) in [6.07, 6.45) is -1.61. The minimum Gasteiger partial charge on any atom is -0.444 e. The molecule has 29 heavy (non-hydrogen) atoms. The smallest absolute Gasteiger partial charge is 0.408 e. The first-order valence-electron chi connectivity index (χ1n) is 9.51. The van der Waals surface area contributed by atoms with Crippen LogP contribution in [0.15, 0.2) is 42.5 Å². The van der Waals surface area contributed by atoms with Gasteiger partial charge in [-0.2, -0.15) is 0 Å². The van der Waals surface area contributed by atoms with Crippen LogP contribution in [0.3, 0.4) is 0 Å². The molecule has 0 bridgehead atoms. The molecule has 1 amide bonds. The third kappa shape index (κ3) is 6.74. The lowest BCUT2D eigenvalue weighted by Crippen LogP contribution is -2.38. The van der Waals surface area contributed by atoms with Crippen LogP contribution in [0.1, 0.15) is 44.0 Å². The van der Waals surface area contributed by atoms with Crippen molar-refractivity contribution in [3.63, 3.8) is 0 Å². The van der Waals surface area contributed by atoms with Crippen molar-refractivity contribution in [2.45, 2.75) is 58.2 Å². The van der Waals surface area contributed by atoms with E-state index < -0.39 is 31.9 Å². The van der Waals surface area contributed by atoms with E-state index >= 15 is 0 Å². The molecule has 0 saturated carbocycles. The van der Waals surface area contributed by atoms with Gasteiger partial charge in [0.1, 0.15) is 11.7 Å². The third-order valence-electron chi connectivity index (χ3n) is 4.41. The molecule has 0 aliphatic carbocycles. The highest BCUT2D eigenvalue weighted by atomic mass is 35.5. The summed E-state index contributed by atoms with van der Waals surface area (Å²) in [5.74, 6) is 0. The Morgan fingerprint density at radius 1 is 1.00 bits per heavy atom. The first-order chi connectivity index (χ1) is 13.3. The Morgan fingerprint density at radius 3 is 2.03 bits per heavy atom. The summed E-state index contributed by atoms with van der Waals surface area (Å²) in [6, 6.07) is 12.2. The summed E-state index contributed by atoms with van der Waals surface area (Å²) in [5.41, 5.74) is 0.669. The molecule has 7 heteroatoms. The first-order valence-corrected chi connectivity index (χ1v) is 13.8. The standard InChI is InChI=1S/C22H29Cl2NO3Si/c1-22(2,3)28-21(27)25-19(15-9-12-17(23)18(24)13-15)20(26)14-7-10-16(11-8-14)29(4,5)6/h7-13,19-20,26H,1-6H3,(H,25,27). The van der Waals surface area contributed by atoms with E-state index in [9.17, 15) is 9.90 Å². The lowest BCUT2D eigenvalue weighted by atomic mass is 9.96. The molecule has 2 aromatic carbocycles. The molecule has 0 fully saturated rings. The molecule has 0 aliphatic heterocycles. The van der Waals surface area contributed by atoms with Gasteiger partial charge in [-0.1, -0.05) is 78.4 Å². The van der Waals surface area contributed by atoms with E-state index in [4.69, 9.17) is 27.9 Å². The van der Waals surface area contributed by atoms with Gasteiger partial charge in [-0.15, -0.1) is 0 Å². The quantitative estimate of drug-likeness (QED) is 0.558. The van der Waals surface area contributed by atoms with E-state index in [0.717, 1.165) is 0 Å². The number of nitrogens with one attached hydrogen (secondary N) is 1. The number of carbonyl (C=O) groups excluding carboxylic acids is 1. The van der Waals surface area contributed by atoms with E-state index in [0.29, 0.717) is 21.2 Å². The summed E-state index contributed by atoms with van der Waals surface area (Å²) in [5, 5.41) is 15.9. The van der Waals surface area contributed by atoms with Crippen LogP contribution in [0, 0.1) is 0 Å². The van der Waals surface area contributed by atoms with E-state index in [2.05, 4.69) is 25.0 Å². The summed E-state index contributed by atoms with van der Waals surface area (Å²) in [4.78, 5) is 12.4. The van der Waals surface area contributed by atoms with Crippen LogP contribution in [0.4, 0.5) is 4.79 Å². The number of ether oxygens (including phenoxy) is 1. The summed E-state index contributed by atoms with van der Waals surface area (Å²) >= 11 is 12.2. The van der Waals surface area contributed by atoms with Crippen molar-refractivity contribution in [1.29, 1.82) is 0 Å². The maximum absolute atomic E-state index is 12.4. The van der Waals surface area contributed by atoms with Gasteiger partial charge in [0.2, 0.25) is 0 Å². The minimum atomic E-state index is -1.45. The van der Waals surface area contributed by atoms with Crippen molar-refractivity contribution >= 4 is 42.6 Å². The average Bonchev–Trinajstić information content (AvgIpc) is 2.59. The molecule has 0 heterocycles. The fourth-order valence-electron chi connectivity index (χ4n) is 2.86. The van der Waals surface area contributed by atoms with E-state index in [1.165, 1.54) is 5.19 Å². The van der Waals surface area contributed by atoms with Crippen LogP contribution in [0.5, 0.6) is 0 Å². The molecular formula is C22H29Cl2NO3Si. The SMILES string of the molecule is CC(C)(C)OC(=O)NC(c1ccc(Cl)c(Cl)c1)C(O)c1ccc([Si](C)(C)C)cc1. The number of benzene rings is 2. The largest absolute Gasteiger partial charge is 0.444 e. The Morgan fingerprint density at radius 2 is 1.55 bits per heavy atom. The van der Waals surface area contributed by atoms with Crippen LogP contribution >= 0.6 is 23.2 Å². The zero-order chi connectivity index (χ0) is 22.0. The normalized spacial score (nSPS) is 14.2. The summed E-state index contributed by atoms with van der Waals surface area (Å²) < 4.78 is 5.38. The van der Waals surface area contributed by atoms with Crippen molar-refractivity contribution in [1.82, 2.24) is 5.32 Å². The number of aliphatic hydroxyl groups is 1. The van der Waals surface area contributed by atoms with Crippen LogP contribution in [-0.4, -0.2) is 24.9 Å². The van der Waals surface area contributed by atoms with Crippen molar-refractivity contribution in [2.75, 3.05) is 0 Å². The predicted octanol–water partition coefficient (Wildman–Crippen LogP) is 5.84. The molecule has 158 valence electrons. The molecule has 0 saturated heterocycles. The van der Waals surface area contributed by atoms with Crippen LogP contribution < -0.4 is 10.5 Å². The number of hydrogen-bond acceptors (Lipinski definition) is 3. The molecule has 2 unspecified atom stereocenters. The minimum absolute atomic E-state index is 0.349. The molecule has 0 radical (unpaired) electrons. The number of rotatable bonds is 5. The molecule has 2 rings (SSSR count). The van der Waals surface area contributed by atoms with Gasteiger partial charge in [-0.05, 0) is 44.0 Å². The average molecular weight is 454 g/mol. The highest BCUT2D eigenvalue weighted by molar-refractivity contribution is 6.88. The second-order valence-corrected chi connectivity index (χ2v) is 15.0. The van der Waals surface area contributed by atoms with Crippen LogP contribution in [0.25, 0.3) is 0 Å². The molecule has 0 aromatic heterocycles. The van der Waals surface area contributed by atoms with E-state index in [-0.39, 0.29) is 0 Å². The van der Waals surface area contributed by atoms with Crippen molar-refractivity contribution in [3.8, 4) is 0 Å². The number of aliphatic hydroxyl groups excluding tert-OH is 1. The van der Waals surface area contributed by atoms with Gasteiger partial charge in [-0.25, -0.2) is 4.79 Å².